The summed E-state index contributed by atoms with van der Waals surface area (Å²) in [7, 11) is 0. The molecule has 0 aromatic rings. The average Bonchev–Trinajstić information content (AvgIpc) is 1.00. The van der Waals surface area contributed by atoms with Crippen molar-refractivity contribution < 1.29 is 37.5 Å². The SMILES string of the molecule is [CH-]=O.[CH3-].[Y+3]. The minimum absolute atomic E-state index is 0. The van der Waals surface area contributed by atoms with Gasteiger partial charge in [0.25, 0.3) is 0 Å². The van der Waals surface area contributed by atoms with Gasteiger partial charge in [0.15, 0.2) is 0 Å². The summed E-state index contributed by atoms with van der Waals surface area (Å²) in [6.45, 7) is 3.25. The monoisotopic (exact) mass is 133 g/mol. The normalized spacial score (nSPS) is 1.00. The minimum Gasteiger partial charge on any atom is -0.545 e. The molecule has 0 aromatic heterocycles. The van der Waals surface area contributed by atoms with E-state index >= 15 is 0 Å². The first kappa shape index (κ1) is 21.6. The van der Waals surface area contributed by atoms with E-state index in [-0.39, 0.29) is 40.1 Å². The van der Waals surface area contributed by atoms with Crippen molar-refractivity contribution in [2.75, 3.05) is 0 Å². The van der Waals surface area contributed by atoms with Gasteiger partial charge in [-0.3, -0.25) is 6.79 Å². The smallest absolute Gasteiger partial charge is 0.545 e. The van der Waals surface area contributed by atoms with Crippen LogP contribution in [0.2, 0.25) is 0 Å². The van der Waals surface area contributed by atoms with Gasteiger partial charge in [-0.25, -0.2) is 0 Å². The van der Waals surface area contributed by atoms with E-state index in [1.54, 1.807) is 0 Å². The molecule has 1 nitrogen and oxygen atoms in total. The van der Waals surface area contributed by atoms with E-state index in [1.165, 1.54) is 0 Å². The summed E-state index contributed by atoms with van der Waals surface area (Å²) in [6, 6.07) is 0. The molecule has 0 bridgehead atoms. The molecule has 0 heterocycles. The van der Waals surface area contributed by atoms with E-state index in [1.807, 2.05) is 0 Å². The second-order valence-electron chi connectivity index (χ2n) is 0. The summed E-state index contributed by atoms with van der Waals surface area (Å²) in [6.07, 6.45) is 0. The fourth-order valence-corrected chi connectivity index (χ4v) is 0. The number of rotatable bonds is 0. The molecular weight excluding hydrogens is 129 g/mol. The van der Waals surface area contributed by atoms with Crippen LogP contribution in [0.3, 0.4) is 0 Å². The minimum atomic E-state index is 0. The molecule has 0 saturated carbocycles. The first-order chi connectivity index (χ1) is 1.00. The van der Waals surface area contributed by atoms with Crippen LogP contribution in [0.1, 0.15) is 0 Å². The van der Waals surface area contributed by atoms with Gasteiger partial charge in [-0.2, -0.15) is 0 Å². The molecule has 0 N–H and O–H groups in total. The molecule has 2 heteroatoms. The van der Waals surface area contributed by atoms with Crippen LogP contribution in [0.5, 0.6) is 0 Å². The van der Waals surface area contributed by atoms with E-state index in [0.717, 1.165) is 0 Å². The third kappa shape index (κ3) is 14.6. The molecule has 0 unspecified atom stereocenters. The molecule has 0 spiro atoms. The molecule has 0 fully saturated rings. The Balaban J connectivity index is -0.00000000500. The second kappa shape index (κ2) is 48.5. The predicted molar refractivity (Wildman–Crippen MR) is 13.2 cm³/mol. The average molecular weight is 133 g/mol. The Morgan fingerprint density at radius 3 is 1.25 bits per heavy atom. The van der Waals surface area contributed by atoms with Crippen molar-refractivity contribution in [3.05, 3.63) is 7.43 Å². The van der Waals surface area contributed by atoms with Crippen LogP contribution >= 0.6 is 0 Å². The zero-order valence-electron chi connectivity index (χ0n) is 2.56. The summed E-state index contributed by atoms with van der Waals surface area (Å²) in [5, 5.41) is 0. The first-order valence-corrected chi connectivity index (χ1v) is 0.236. The number of carbonyl (C=O) groups excluding carboxylic acids is 1. The Kier molecular flexibility index (Phi) is 262. The molecule has 0 aromatic carbocycles. The summed E-state index contributed by atoms with van der Waals surface area (Å²) in [5.74, 6) is 0. The Hall–Kier alpha value is 0.774. The van der Waals surface area contributed by atoms with E-state index < -0.39 is 0 Å². The molecule has 0 amide bonds. The summed E-state index contributed by atoms with van der Waals surface area (Å²) >= 11 is 0. The van der Waals surface area contributed by atoms with E-state index in [0.29, 0.717) is 0 Å². The predicted octanol–water partition coefficient (Wildman–Crippen LogP) is 0.174. The fourth-order valence-electron chi connectivity index (χ4n) is 0. The standard InChI is InChI=1S/CHO.CH3.Y/c1-2;;/h1H;1H3;/q2*-1;+3. The molecule has 0 atom stereocenters. The molecule has 0 saturated heterocycles. The van der Waals surface area contributed by atoms with Crippen LogP contribution < -0.4 is 0 Å². The van der Waals surface area contributed by atoms with E-state index in [9.17, 15) is 0 Å². The largest absolute Gasteiger partial charge is 3.00 e. The third-order valence-electron chi connectivity index (χ3n) is 0. The van der Waals surface area contributed by atoms with Gasteiger partial charge in [0.1, 0.15) is 0 Å². The first-order valence-electron chi connectivity index (χ1n) is 0.236. The zero-order valence-corrected chi connectivity index (χ0v) is 5.40. The number of hydrogen-bond acceptors (Lipinski definition) is 1. The van der Waals surface area contributed by atoms with Crippen molar-refractivity contribution in [2.45, 2.75) is 0 Å². The van der Waals surface area contributed by atoms with E-state index in [4.69, 9.17) is 4.79 Å². The van der Waals surface area contributed by atoms with Crippen molar-refractivity contribution in [1.29, 1.82) is 0 Å². The second-order valence-corrected chi connectivity index (χ2v) is 0. The molecule has 20 valence electrons. The molecular formula is C2H4OY+. The van der Waals surface area contributed by atoms with Crippen molar-refractivity contribution in [3.63, 3.8) is 0 Å². The molecule has 0 aliphatic heterocycles. The van der Waals surface area contributed by atoms with Gasteiger partial charge in [0, 0.05) is 0 Å². The van der Waals surface area contributed by atoms with Crippen LogP contribution in [0.15, 0.2) is 0 Å². The molecule has 0 radical (unpaired) electrons. The van der Waals surface area contributed by atoms with Crippen LogP contribution in [0, 0.1) is 7.43 Å². The van der Waals surface area contributed by atoms with Crippen LogP contribution in [0.4, 0.5) is 0 Å². The van der Waals surface area contributed by atoms with Crippen molar-refractivity contribution in [3.8, 4) is 0 Å². The topological polar surface area (TPSA) is 17.1 Å². The summed E-state index contributed by atoms with van der Waals surface area (Å²) in [4.78, 5) is 7.75. The Morgan fingerprint density at radius 2 is 1.25 bits per heavy atom. The Labute approximate surface area is 51.7 Å². The van der Waals surface area contributed by atoms with Gasteiger partial charge >= 0.3 is 32.7 Å². The van der Waals surface area contributed by atoms with Crippen LogP contribution in [-0.2, 0) is 37.5 Å². The maximum absolute atomic E-state index is 7.75. The third-order valence-corrected chi connectivity index (χ3v) is 0. The summed E-state index contributed by atoms with van der Waals surface area (Å²) in [5.41, 5.74) is 0. The molecule has 0 aliphatic carbocycles. The van der Waals surface area contributed by atoms with Crippen LogP contribution in [-0.4, -0.2) is 6.79 Å². The van der Waals surface area contributed by atoms with Gasteiger partial charge in [-0.15, -0.1) is 0 Å². The van der Waals surface area contributed by atoms with E-state index in [2.05, 4.69) is 6.79 Å². The molecule has 4 heavy (non-hydrogen) atoms. The maximum atomic E-state index is 7.75. The van der Waals surface area contributed by atoms with Gasteiger partial charge < -0.3 is 12.2 Å². The molecule has 0 aliphatic rings. The van der Waals surface area contributed by atoms with Crippen LogP contribution in [0.25, 0.3) is 0 Å². The van der Waals surface area contributed by atoms with Crippen molar-refractivity contribution >= 4 is 6.79 Å². The fraction of sp³-hybridized carbons (Fsp3) is 0. The maximum Gasteiger partial charge on any atom is 3.00 e. The molecule has 0 rings (SSSR count). The quantitative estimate of drug-likeness (QED) is 0.340. The number of hydrogen-bond donors (Lipinski definition) is 0. The van der Waals surface area contributed by atoms with Gasteiger partial charge in [0.05, 0.1) is 0 Å². The van der Waals surface area contributed by atoms with Gasteiger partial charge in [0.2, 0.25) is 0 Å². The summed E-state index contributed by atoms with van der Waals surface area (Å²) < 4.78 is 0. The Bertz CT molecular complexity index is 6.00. The van der Waals surface area contributed by atoms with Gasteiger partial charge in [-0.05, 0) is 0 Å². The Morgan fingerprint density at radius 1 is 1.25 bits per heavy atom. The van der Waals surface area contributed by atoms with Gasteiger partial charge in [-0.1, -0.05) is 0 Å². The van der Waals surface area contributed by atoms with Crippen molar-refractivity contribution in [1.82, 2.24) is 0 Å². The van der Waals surface area contributed by atoms with Crippen molar-refractivity contribution in [2.24, 2.45) is 0 Å². The zero-order chi connectivity index (χ0) is 2.00.